The molecule has 0 amide bonds. The number of esters is 1. The zero-order chi connectivity index (χ0) is 20.1. The lowest BCUT2D eigenvalue weighted by molar-refractivity contribution is -0.131. The van der Waals surface area contributed by atoms with Gasteiger partial charge in [-0.15, -0.1) is 0 Å². The second kappa shape index (κ2) is 8.81. The van der Waals surface area contributed by atoms with E-state index in [1.807, 2.05) is 13.0 Å². The third kappa shape index (κ3) is 4.24. The van der Waals surface area contributed by atoms with Crippen LogP contribution in [0.4, 0.5) is 0 Å². The minimum atomic E-state index is -0.276. The fourth-order valence-electron chi connectivity index (χ4n) is 4.65. The van der Waals surface area contributed by atoms with Crippen LogP contribution in [0.1, 0.15) is 74.1 Å². The molecule has 0 unspecified atom stereocenters. The van der Waals surface area contributed by atoms with Crippen LogP contribution in [-0.2, 0) is 10.2 Å². The maximum Gasteiger partial charge on any atom is 0.308 e. The van der Waals surface area contributed by atoms with Crippen molar-refractivity contribution >= 4 is 5.97 Å². The van der Waals surface area contributed by atoms with Gasteiger partial charge in [0.25, 0.3) is 0 Å². The van der Waals surface area contributed by atoms with Gasteiger partial charge in [-0.2, -0.15) is 0 Å². The summed E-state index contributed by atoms with van der Waals surface area (Å²) in [6, 6.07) is 13.0. The number of benzene rings is 2. The molecule has 0 saturated heterocycles. The summed E-state index contributed by atoms with van der Waals surface area (Å²) in [4.78, 5) is 11.4. The zero-order valence-corrected chi connectivity index (χ0v) is 17.6. The normalized spacial score (nSPS) is 16.7. The number of hydrogen-bond acceptors (Lipinski definition) is 3. The summed E-state index contributed by atoms with van der Waals surface area (Å²) < 4.78 is 10.9. The summed E-state index contributed by atoms with van der Waals surface area (Å²) in [5.41, 5.74) is 4.88. The molecule has 3 heteroatoms. The van der Waals surface area contributed by atoms with Gasteiger partial charge in [0, 0.05) is 12.3 Å². The fourth-order valence-corrected chi connectivity index (χ4v) is 4.65. The highest BCUT2D eigenvalue weighted by Crippen LogP contribution is 2.45. The first-order chi connectivity index (χ1) is 13.5. The molecule has 1 aliphatic rings. The van der Waals surface area contributed by atoms with Gasteiger partial charge in [-0.3, -0.25) is 4.79 Å². The molecule has 2 aromatic rings. The van der Waals surface area contributed by atoms with Crippen LogP contribution in [0.3, 0.4) is 0 Å². The lowest BCUT2D eigenvalue weighted by Gasteiger charge is -2.37. The molecule has 28 heavy (non-hydrogen) atoms. The summed E-state index contributed by atoms with van der Waals surface area (Å²) >= 11 is 0. The molecule has 1 saturated carbocycles. The third-order valence-corrected chi connectivity index (χ3v) is 6.14. The van der Waals surface area contributed by atoms with Gasteiger partial charge in [-0.25, -0.2) is 0 Å². The molecule has 0 heterocycles. The van der Waals surface area contributed by atoms with Gasteiger partial charge in [-0.05, 0) is 61.1 Å². The molecular weight excluding hydrogens is 348 g/mol. The number of methoxy groups -OCH3 is 1. The number of hydrogen-bond donors (Lipinski definition) is 0. The van der Waals surface area contributed by atoms with Gasteiger partial charge in [0.2, 0.25) is 0 Å². The number of carbonyl (C=O) groups excluding carboxylic acids is 1. The number of rotatable bonds is 4. The van der Waals surface area contributed by atoms with E-state index in [2.05, 4.69) is 37.3 Å². The summed E-state index contributed by atoms with van der Waals surface area (Å²) in [7, 11) is 1.73. The molecule has 0 N–H and O–H groups in total. The van der Waals surface area contributed by atoms with Gasteiger partial charge in [0.1, 0.15) is 11.5 Å². The van der Waals surface area contributed by atoms with E-state index in [9.17, 15) is 4.79 Å². The maximum absolute atomic E-state index is 11.4. The van der Waals surface area contributed by atoms with E-state index in [0.717, 1.165) is 24.2 Å². The molecular formula is C25H32O3. The van der Waals surface area contributed by atoms with Gasteiger partial charge < -0.3 is 9.47 Å². The SMILES string of the molecule is COc1ccc(C2(c3ccc(OC(C)=O)c(C)c3)CCCCCCC2)cc1C. The Morgan fingerprint density at radius 3 is 1.79 bits per heavy atom. The van der Waals surface area contributed by atoms with Crippen molar-refractivity contribution in [2.24, 2.45) is 0 Å². The van der Waals surface area contributed by atoms with Gasteiger partial charge in [0.15, 0.2) is 0 Å². The standard InChI is InChI=1S/C25H32O3/c1-18-16-21(10-12-23(18)27-4)25(14-8-6-5-7-9-15-25)22-11-13-24(19(2)17-22)28-20(3)26/h10-13,16-17H,5-9,14-15H2,1-4H3. The van der Waals surface area contributed by atoms with Crippen molar-refractivity contribution in [3.8, 4) is 11.5 Å². The molecule has 0 bridgehead atoms. The van der Waals surface area contributed by atoms with Crippen molar-refractivity contribution in [1.82, 2.24) is 0 Å². The van der Waals surface area contributed by atoms with Crippen molar-refractivity contribution < 1.29 is 14.3 Å². The number of ether oxygens (including phenoxy) is 2. The van der Waals surface area contributed by atoms with Crippen LogP contribution in [0.15, 0.2) is 36.4 Å². The van der Waals surface area contributed by atoms with Crippen LogP contribution in [0.25, 0.3) is 0 Å². The maximum atomic E-state index is 11.4. The van der Waals surface area contributed by atoms with Crippen LogP contribution in [0, 0.1) is 13.8 Å². The quantitative estimate of drug-likeness (QED) is 0.463. The second-order valence-corrected chi connectivity index (χ2v) is 8.11. The predicted molar refractivity (Wildman–Crippen MR) is 113 cm³/mol. The average molecular weight is 381 g/mol. The molecule has 150 valence electrons. The molecule has 0 aliphatic heterocycles. The van der Waals surface area contributed by atoms with Crippen molar-refractivity contribution in [3.63, 3.8) is 0 Å². The lowest BCUT2D eigenvalue weighted by atomic mass is 9.66. The topological polar surface area (TPSA) is 35.5 Å². The summed E-state index contributed by atoms with van der Waals surface area (Å²) in [6.07, 6.45) is 8.67. The van der Waals surface area contributed by atoms with Gasteiger partial charge in [-0.1, -0.05) is 56.4 Å². The van der Waals surface area contributed by atoms with Crippen molar-refractivity contribution in [3.05, 3.63) is 58.7 Å². The van der Waals surface area contributed by atoms with E-state index in [4.69, 9.17) is 9.47 Å². The molecule has 1 aliphatic carbocycles. The molecule has 0 spiro atoms. The van der Waals surface area contributed by atoms with Crippen LogP contribution in [0.5, 0.6) is 11.5 Å². The number of aryl methyl sites for hydroxylation is 2. The minimum Gasteiger partial charge on any atom is -0.496 e. The number of carbonyl (C=O) groups is 1. The van der Waals surface area contributed by atoms with E-state index in [-0.39, 0.29) is 11.4 Å². The summed E-state index contributed by atoms with van der Waals surface area (Å²) in [5, 5.41) is 0. The average Bonchev–Trinajstić information content (AvgIpc) is 2.63. The Morgan fingerprint density at radius 1 is 0.821 bits per heavy atom. The molecule has 3 rings (SSSR count). The van der Waals surface area contributed by atoms with E-state index in [1.54, 1.807) is 7.11 Å². The van der Waals surface area contributed by atoms with E-state index in [1.165, 1.54) is 55.7 Å². The molecule has 2 aromatic carbocycles. The first kappa shape index (κ1) is 20.4. The third-order valence-electron chi connectivity index (χ3n) is 6.14. The molecule has 0 radical (unpaired) electrons. The van der Waals surface area contributed by atoms with Crippen LogP contribution >= 0.6 is 0 Å². The van der Waals surface area contributed by atoms with Crippen molar-refractivity contribution in [1.29, 1.82) is 0 Å². The molecule has 1 fully saturated rings. The monoisotopic (exact) mass is 380 g/mol. The smallest absolute Gasteiger partial charge is 0.308 e. The second-order valence-electron chi connectivity index (χ2n) is 8.11. The molecule has 0 atom stereocenters. The Morgan fingerprint density at radius 2 is 1.32 bits per heavy atom. The largest absolute Gasteiger partial charge is 0.496 e. The van der Waals surface area contributed by atoms with Crippen LogP contribution < -0.4 is 9.47 Å². The van der Waals surface area contributed by atoms with Crippen molar-refractivity contribution in [2.75, 3.05) is 7.11 Å². The van der Waals surface area contributed by atoms with Crippen LogP contribution in [0.2, 0.25) is 0 Å². The fraction of sp³-hybridized carbons (Fsp3) is 0.480. The predicted octanol–water partition coefficient (Wildman–Crippen LogP) is 6.27. The Balaban J connectivity index is 2.09. The van der Waals surface area contributed by atoms with Crippen LogP contribution in [-0.4, -0.2) is 13.1 Å². The van der Waals surface area contributed by atoms with Gasteiger partial charge >= 0.3 is 5.97 Å². The highest BCUT2D eigenvalue weighted by atomic mass is 16.5. The Bertz CT molecular complexity index is 830. The van der Waals surface area contributed by atoms with E-state index < -0.39 is 0 Å². The first-order valence-electron chi connectivity index (χ1n) is 10.4. The lowest BCUT2D eigenvalue weighted by Crippen LogP contribution is -2.29. The Labute approximate surface area is 169 Å². The van der Waals surface area contributed by atoms with E-state index in [0.29, 0.717) is 5.75 Å². The highest BCUT2D eigenvalue weighted by Gasteiger charge is 2.35. The van der Waals surface area contributed by atoms with Crippen molar-refractivity contribution in [2.45, 2.75) is 71.1 Å². The Hall–Kier alpha value is -2.29. The van der Waals surface area contributed by atoms with Gasteiger partial charge in [0.05, 0.1) is 7.11 Å². The molecule has 0 aromatic heterocycles. The van der Waals surface area contributed by atoms with E-state index >= 15 is 0 Å². The first-order valence-corrected chi connectivity index (χ1v) is 10.4. The molecule has 3 nitrogen and oxygen atoms in total. The summed E-state index contributed by atoms with van der Waals surface area (Å²) in [5.74, 6) is 1.32. The zero-order valence-electron chi connectivity index (χ0n) is 17.6. The summed E-state index contributed by atoms with van der Waals surface area (Å²) in [6.45, 7) is 5.59. The minimum absolute atomic E-state index is 0.00301. The highest BCUT2D eigenvalue weighted by molar-refractivity contribution is 5.70. The Kier molecular flexibility index (Phi) is 6.43.